The Morgan fingerprint density at radius 2 is 1.67 bits per heavy atom. The third kappa shape index (κ3) is 6.87. The minimum atomic E-state index is -1.39. The molecule has 3 aliphatic heterocycles. The summed E-state index contributed by atoms with van der Waals surface area (Å²) >= 11 is 13.6. The second-order valence-corrected chi connectivity index (χ2v) is 14.0. The highest BCUT2D eigenvalue weighted by Crippen LogP contribution is 2.40. The van der Waals surface area contributed by atoms with Crippen LogP contribution in [0.25, 0.3) is 11.0 Å². The summed E-state index contributed by atoms with van der Waals surface area (Å²) in [5, 5.41) is 4.06. The molecule has 4 aliphatic rings. The number of hydrogen-bond acceptors (Lipinski definition) is 10. The van der Waals surface area contributed by atoms with E-state index in [4.69, 9.17) is 46.6 Å². The number of amides is 1. The number of fused-ring (bicyclic) bond motifs is 2. The Morgan fingerprint density at radius 1 is 0.959 bits per heavy atom. The molecule has 3 atom stereocenters. The largest absolute Gasteiger partial charge is 0.466 e. The van der Waals surface area contributed by atoms with E-state index in [9.17, 15) is 14.4 Å². The molecule has 1 saturated carbocycles. The lowest BCUT2D eigenvalue weighted by Gasteiger charge is -2.48. The summed E-state index contributed by atoms with van der Waals surface area (Å²) in [5.41, 5.74) is 1.81. The van der Waals surface area contributed by atoms with Gasteiger partial charge in [-0.25, -0.2) is 0 Å². The highest BCUT2D eigenvalue weighted by atomic mass is 35.5. The lowest BCUT2D eigenvalue weighted by molar-refractivity contribution is -0.255. The van der Waals surface area contributed by atoms with Gasteiger partial charge in [0.2, 0.25) is 5.85 Å². The van der Waals surface area contributed by atoms with Gasteiger partial charge in [0.15, 0.2) is 5.78 Å². The molecule has 1 unspecified atom stereocenters. The summed E-state index contributed by atoms with van der Waals surface area (Å²) in [6.07, 6.45) is 5.20. The number of furan rings is 1. The number of benzene rings is 2. The van der Waals surface area contributed by atoms with Crippen molar-refractivity contribution in [2.24, 2.45) is 5.92 Å². The minimum Gasteiger partial charge on any atom is -0.466 e. The quantitative estimate of drug-likeness (QED) is 0.235. The third-order valence-electron chi connectivity index (χ3n) is 10.2. The van der Waals surface area contributed by atoms with Crippen LogP contribution < -0.4 is 5.32 Å². The Balaban J connectivity index is 1.15. The number of halogens is 2. The SMILES string of the molecule is CCOC(=O)C1CCC(OC(C(=O)Cc2cc(Cl)c(NC(=O)c3coc4ccccc34)cc2Cl)(N2CCCC2)N2C[C@@H]3OCO[C@@H]3C2)CC1. The van der Waals surface area contributed by atoms with Gasteiger partial charge in [-0.3, -0.25) is 24.2 Å². The Labute approximate surface area is 295 Å². The number of nitrogens with zero attached hydrogens (tertiary/aromatic N) is 2. The fourth-order valence-corrected chi connectivity index (χ4v) is 8.14. The van der Waals surface area contributed by atoms with E-state index in [-0.39, 0.29) is 54.2 Å². The van der Waals surface area contributed by atoms with Gasteiger partial charge in [-0.05, 0) is 69.2 Å². The zero-order chi connectivity index (χ0) is 34.1. The van der Waals surface area contributed by atoms with E-state index >= 15 is 0 Å². The number of anilines is 1. The van der Waals surface area contributed by atoms with E-state index < -0.39 is 11.8 Å². The summed E-state index contributed by atoms with van der Waals surface area (Å²) < 4.78 is 29.6. The normalized spacial score (nSPS) is 25.7. The molecule has 0 spiro atoms. The van der Waals surface area contributed by atoms with Gasteiger partial charge >= 0.3 is 5.97 Å². The van der Waals surface area contributed by atoms with Crippen molar-refractivity contribution in [3.05, 3.63) is 63.8 Å². The van der Waals surface area contributed by atoms with Crippen molar-refractivity contribution in [2.45, 2.75) is 76.0 Å². The Hall–Kier alpha value is -3.03. The number of ketones is 1. The molecule has 2 aromatic carbocycles. The molecule has 13 heteroatoms. The summed E-state index contributed by atoms with van der Waals surface area (Å²) in [6, 6.07) is 10.5. The van der Waals surface area contributed by atoms with E-state index in [2.05, 4.69) is 15.1 Å². The standard InChI is InChI=1S/C36H41Cl2N3O8/c1-2-45-35(44)22-9-11-24(12-10-22)49-36(40-13-5-6-14-40,41-18-31-32(19-41)48-21-47-31)33(42)16-23-15-28(38)29(17-27(23)37)39-34(43)26-20-46-30-8-4-3-7-25(26)30/h3-4,7-8,15,17,20,22,24,31-32H,2,5-6,9-14,16,18-19,21H2,1H3,(H,39,43)/t22?,24?,31-,32+,36?. The van der Waals surface area contributed by atoms with Crippen molar-refractivity contribution in [3.8, 4) is 0 Å². The minimum absolute atomic E-state index is 0.0542. The molecule has 49 heavy (non-hydrogen) atoms. The monoisotopic (exact) mass is 713 g/mol. The number of esters is 1. The van der Waals surface area contributed by atoms with Crippen molar-refractivity contribution in [1.82, 2.24) is 9.80 Å². The van der Waals surface area contributed by atoms with E-state index in [0.717, 1.165) is 12.8 Å². The van der Waals surface area contributed by atoms with E-state index in [1.54, 1.807) is 18.2 Å². The summed E-state index contributed by atoms with van der Waals surface area (Å²) in [7, 11) is 0. The smallest absolute Gasteiger partial charge is 0.308 e. The number of Topliss-reactive ketones (excluding diaryl/α,β-unsaturated/α-hetero) is 1. The van der Waals surface area contributed by atoms with Crippen molar-refractivity contribution in [2.75, 3.05) is 44.9 Å². The van der Waals surface area contributed by atoms with Gasteiger partial charge in [0, 0.05) is 43.0 Å². The van der Waals surface area contributed by atoms with Crippen LogP contribution in [0.3, 0.4) is 0 Å². The van der Waals surface area contributed by atoms with Gasteiger partial charge in [-0.15, -0.1) is 0 Å². The van der Waals surface area contributed by atoms with Gasteiger partial charge in [0.25, 0.3) is 5.91 Å². The summed E-state index contributed by atoms with van der Waals surface area (Å²) in [6.45, 7) is 4.75. The second-order valence-electron chi connectivity index (χ2n) is 13.2. The number of para-hydroxylation sites is 1. The first kappa shape index (κ1) is 34.4. The Kier molecular flexibility index (Phi) is 10.3. The average molecular weight is 715 g/mol. The fraction of sp³-hybridized carbons (Fsp3) is 0.528. The molecule has 4 heterocycles. The molecule has 262 valence electrons. The van der Waals surface area contributed by atoms with Gasteiger partial charge in [0.05, 0.1) is 34.9 Å². The first-order valence-corrected chi connectivity index (χ1v) is 17.9. The number of ether oxygens (including phenoxy) is 4. The molecule has 0 radical (unpaired) electrons. The predicted molar refractivity (Wildman–Crippen MR) is 183 cm³/mol. The number of hydrogen-bond donors (Lipinski definition) is 1. The van der Waals surface area contributed by atoms with E-state index in [0.29, 0.717) is 91.3 Å². The van der Waals surface area contributed by atoms with Crippen LogP contribution >= 0.6 is 23.2 Å². The van der Waals surface area contributed by atoms with Crippen molar-refractivity contribution >= 4 is 57.5 Å². The highest BCUT2D eigenvalue weighted by Gasteiger charge is 2.57. The first-order chi connectivity index (χ1) is 23.8. The predicted octanol–water partition coefficient (Wildman–Crippen LogP) is 6.05. The number of carbonyl (C=O) groups is 3. The molecule has 1 amide bonds. The van der Waals surface area contributed by atoms with Crippen molar-refractivity contribution < 1.29 is 37.7 Å². The van der Waals surface area contributed by atoms with Crippen LogP contribution in [-0.2, 0) is 35.0 Å². The zero-order valence-electron chi connectivity index (χ0n) is 27.5. The van der Waals surface area contributed by atoms with Crippen LogP contribution in [0.1, 0.15) is 61.4 Å². The van der Waals surface area contributed by atoms with Gasteiger partial charge < -0.3 is 28.7 Å². The Bertz CT molecular complexity index is 1690. The molecule has 11 nitrogen and oxygen atoms in total. The van der Waals surface area contributed by atoms with Crippen LogP contribution in [-0.4, -0.2) is 91.2 Å². The molecule has 3 aromatic rings. The van der Waals surface area contributed by atoms with Crippen molar-refractivity contribution in [1.29, 1.82) is 0 Å². The number of carbonyl (C=O) groups excluding carboxylic acids is 3. The summed E-state index contributed by atoms with van der Waals surface area (Å²) in [5.74, 6) is -2.29. The van der Waals surface area contributed by atoms with Crippen LogP contribution in [0.15, 0.2) is 47.1 Å². The molecule has 1 aromatic heterocycles. The lowest BCUT2D eigenvalue weighted by atomic mass is 9.87. The first-order valence-electron chi connectivity index (χ1n) is 17.1. The number of rotatable bonds is 11. The van der Waals surface area contributed by atoms with Crippen LogP contribution in [0.2, 0.25) is 10.0 Å². The lowest BCUT2D eigenvalue weighted by Crippen LogP contribution is -2.68. The second kappa shape index (κ2) is 14.7. The van der Waals surface area contributed by atoms with Gasteiger partial charge in [0.1, 0.15) is 30.8 Å². The summed E-state index contributed by atoms with van der Waals surface area (Å²) in [4.78, 5) is 44.8. The van der Waals surface area contributed by atoms with E-state index in [1.165, 1.54) is 6.26 Å². The molecule has 4 fully saturated rings. The molecular weight excluding hydrogens is 673 g/mol. The van der Waals surface area contributed by atoms with Crippen LogP contribution in [0, 0.1) is 5.92 Å². The molecule has 3 saturated heterocycles. The van der Waals surface area contributed by atoms with E-state index in [1.807, 2.05) is 25.1 Å². The maximum Gasteiger partial charge on any atom is 0.308 e. The highest BCUT2D eigenvalue weighted by molar-refractivity contribution is 6.36. The number of nitrogens with one attached hydrogen (secondary N) is 1. The third-order valence-corrected chi connectivity index (χ3v) is 10.9. The molecular formula is C36H41Cl2N3O8. The maximum atomic E-state index is 14.9. The molecule has 7 rings (SSSR count). The van der Waals surface area contributed by atoms with Crippen LogP contribution in [0.4, 0.5) is 5.69 Å². The molecule has 0 bridgehead atoms. The zero-order valence-corrected chi connectivity index (χ0v) is 29.0. The van der Waals surface area contributed by atoms with Gasteiger partial charge in [-0.2, -0.15) is 0 Å². The topological polar surface area (TPSA) is 120 Å². The average Bonchev–Trinajstić information content (AvgIpc) is 3.91. The van der Waals surface area contributed by atoms with Crippen LogP contribution in [0.5, 0.6) is 0 Å². The Morgan fingerprint density at radius 3 is 2.39 bits per heavy atom. The maximum absolute atomic E-state index is 14.9. The molecule has 1 N–H and O–H groups in total. The number of likely N-dealkylation sites (tertiary alicyclic amines) is 2. The fourth-order valence-electron chi connectivity index (χ4n) is 7.67. The molecule has 1 aliphatic carbocycles. The van der Waals surface area contributed by atoms with Crippen molar-refractivity contribution in [3.63, 3.8) is 0 Å². The van der Waals surface area contributed by atoms with Gasteiger partial charge in [-0.1, -0.05) is 41.4 Å².